The number of hydrogen-bond donors (Lipinski definition) is 1. The number of aromatic nitrogens is 4. The molecular formula is C22H21FN6O2. The Balaban J connectivity index is 1.55. The number of hydrogen-bond acceptors (Lipinski definition) is 5. The van der Waals surface area contributed by atoms with Gasteiger partial charge < -0.3 is 10.1 Å². The zero-order chi connectivity index (χ0) is 22.0. The van der Waals surface area contributed by atoms with Crippen LogP contribution >= 0.6 is 0 Å². The number of ether oxygens (including phenoxy) is 1. The zero-order valence-electron chi connectivity index (χ0n) is 17.4. The molecule has 2 amide bonds. The zero-order valence-corrected chi connectivity index (χ0v) is 17.4. The van der Waals surface area contributed by atoms with Crippen molar-refractivity contribution in [1.82, 2.24) is 25.1 Å². The Labute approximate surface area is 179 Å². The third kappa shape index (κ3) is 4.48. The molecular weight excluding hydrogens is 399 g/mol. The molecule has 0 saturated carbocycles. The van der Waals surface area contributed by atoms with Crippen molar-refractivity contribution in [2.24, 2.45) is 7.05 Å². The van der Waals surface area contributed by atoms with Crippen molar-refractivity contribution in [1.29, 1.82) is 0 Å². The normalized spacial score (nSPS) is 13.5. The Morgan fingerprint density at radius 2 is 2.13 bits per heavy atom. The summed E-state index contributed by atoms with van der Waals surface area (Å²) < 4.78 is 20.4. The number of pyridine rings is 2. The van der Waals surface area contributed by atoms with E-state index < -0.39 is 11.9 Å². The molecule has 0 bridgehead atoms. The van der Waals surface area contributed by atoms with Crippen LogP contribution in [0.25, 0.3) is 0 Å². The molecule has 0 fully saturated rings. The molecule has 0 aliphatic carbocycles. The number of amides is 2. The van der Waals surface area contributed by atoms with Gasteiger partial charge in [-0.2, -0.15) is 5.10 Å². The van der Waals surface area contributed by atoms with E-state index in [1.54, 1.807) is 34.8 Å². The quantitative estimate of drug-likeness (QED) is 0.645. The lowest BCUT2D eigenvalue weighted by molar-refractivity contribution is 0.235. The predicted octanol–water partition coefficient (Wildman–Crippen LogP) is 2.73. The van der Waals surface area contributed by atoms with Gasteiger partial charge in [0.1, 0.15) is 18.1 Å². The lowest BCUT2D eigenvalue weighted by Gasteiger charge is -2.29. The number of nitrogens with zero attached hydrogens (tertiary/aromatic N) is 5. The van der Waals surface area contributed by atoms with E-state index in [0.29, 0.717) is 36.0 Å². The molecule has 31 heavy (non-hydrogen) atoms. The van der Waals surface area contributed by atoms with Crippen molar-refractivity contribution >= 4 is 11.7 Å². The number of rotatable bonds is 2. The minimum Gasteiger partial charge on any atom is -0.474 e. The molecule has 3 aromatic rings. The third-order valence-corrected chi connectivity index (χ3v) is 4.81. The van der Waals surface area contributed by atoms with Crippen molar-refractivity contribution in [3.05, 3.63) is 65.1 Å². The Bertz CT molecular complexity index is 1180. The highest BCUT2D eigenvalue weighted by atomic mass is 19.1. The monoisotopic (exact) mass is 420 g/mol. The van der Waals surface area contributed by atoms with Crippen molar-refractivity contribution in [3.63, 3.8) is 0 Å². The summed E-state index contributed by atoms with van der Waals surface area (Å²) in [5.41, 5.74) is 3.42. The van der Waals surface area contributed by atoms with Crippen LogP contribution in [0, 0.1) is 24.6 Å². The first-order valence-electron chi connectivity index (χ1n) is 9.75. The lowest BCUT2D eigenvalue weighted by atomic mass is 10.2. The van der Waals surface area contributed by atoms with Gasteiger partial charge in [0.25, 0.3) is 0 Å². The van der Waals surface area contributed by atoms with Gasteiger partial charge in [-0.1, -0.05) is 11.8 Å². The molecule has 4 heterocycles. The highest BCUT2D eigenvalue weighted by Crippen LogP contribution is 2.30. The molecule has 0 aromatic carbocycles. The van der Waals surface area contributed by atoms with Crippen LogP contribution in [0.1, 0.15) is 35.5 Å². The Morgan fingerprint density at radius 1 is 1.29 bits per heavy atom. The molecule has 3 aromatic heterocycles. The van der Waals surface area contributed by atoms with Gasteiger partial charge in [-0.25, -0.2) is 14.2 Å². The fourth-order valence-electron chi connectivity index (χ4n) is 3.22. The van der Waals surface area contributed by atoms with Crippen LogP contribution in [0.15, 0.2) is 36.8 Å². The van der Waals surface area contributed by atoms with Gasteiger partial charge in [-0.15, -0.1) is 0 Å². The summed E-state index contributed by atoms with van der Waals surface area (Å²) in [6, 6.07) is 3.92. The van der Waals surface area contributed by atoms with E-state index in [2.05, 4.69) is 32.2 Å². The first-order valence-corrected chi connectivity index (χ1v) is 9.75. The minimum absolute atomic E-state index is 0.321. The van der Waals surface area contributed by atoms with Crippen molar-refractivity contribution in [2.75, 3.05) is 18.1 Å². The molecule has 1 aliphatic rings. The molecule has 1 aliphatic heterocycles. The number of carbonyl (C=O) groups is 1. The van der Waals surface area contributed by atoms with Crippen LogP contribution in [-0.2, 0) is 7.05 Å². The molecule has 0 radical (unpaired) electrons. The van der Waals surface area contributed by atoms with E-state index in [4.69, 9.17) is 4.74 Å². The summed E-state index contributed by atoms with van der Waals surface area (Å²) >= 11 is 0. The van der Waals surface area contributed by atoms with Gasteiger partial charge in [0.2, 0.25) is 5.88 Å². The van der Waals surface area contributed by atoms with E-state index in [1.807, 2.05) is 20.2 Å². The van der Waals surface area contributed by atoms with Crippen LogP contribution in [-0.4, -0.2) is 38.9 Å². The lowest BCUT2D eigenvalue weighted by Crippen LogP contribution is -2.45. The summed E-state index contributed by atoms with van der Waals surface area (Å²) in [6.45, 7) is 4.38. The van der Waals surface area contributed by atoms with E-state index in [1.165, 1.54) is 6.07 Å². The first-order chi connectivity index (χ1) is 14.9. The van der Waals surface area contributed by atoms with Crippen LogP contribution in [0.5, 0.6) is 5.88 Å². The topological polar surface area (TPSA) is 85.2 Å². The molecule has 1 N–H and O–H groups in total. The third-order valence-electron chi connectivity index (χ3n) is 4.81. The van der Waals surface area contributed by atoms with E-state index in [9.17, 15) is 9.18 Å². The van der Waals surface area contributed by atoms with Crippen LogP contribution in [0.2, 0.25) is 0 Å². The maximum atomic E-state index is 13.1. The standard InChI is InChI=1S/C22H21FN6O2/c1-14-17(13-28(3)27-14)5-4-16-10-20-21(25-11-16)31-9-8-29(20)22(30)26-15(2)19-7-6-18(23)12-24-19/h6-7,10-13,15H,8-9H2,1-3H3,(H,26,30)/t15-/m0/s1. The molecule has 4 rings (SSSR count). The Morgan fingerprint density at radius 3 is 2.84 bits per heavy atom. The summed E-state index contributed by atoms with van der Waals surface area (Å²) in [5.74, 6) is 6.11. The van der Waals surface area contributed by atoms with E-state index in [-0.39, 0.29) is 6.03 Å². The van der Waals surface area contributed by atoms with Crippen molar-refractivity contribution < 1.29 is 13.9 Å². The second-order valence-corrected chi connectivity index (χ2v) is 7.17. The highest BCUT2D eigenvalue weighted by Gasteiger charge is 2.26. The van der Waals surface area contributed by atoms with E-state index in [0.717, 1.165) is 17.5 Å². The molecule has 9 heteroatoms. The molecule has 8 nitrogen and oxygen atoms in total. The summed E-state index contributed by atoms with van der Waals surface area (Å²) in [6.07, 6.45) is 4.59. The van der Waals surface area contributed by atoms with Crippen molar-refractivity contribution in [3.8, 4) is 17.7 Å². The number of carbonyl (C=O) groups excluding carboxylic acids is 1. The maximum Gasteiger partial charge on any atom is 0.322 e. The summed E-state index contributed by atoms with van der Waals surface area (Å²) in [5, 5.41) is 7.16. The maximum absolute atomic E-state index is 13.1. The largest absolute Gasteiger partial charge is 0.474 e. The molecule has 0 spiro atoms. The molecule has 0 unspecified atom stereocenters. The van der Waals surface area contributed by atoms with Gasteiger partial charge in [0, 0.05) is 25.0 Å². The summed E-state index contributed by atoms with van der Waals surface area (Å²) in [7, 11) is 1.84. The van der Waals surface area contributed by atoms with Gasteiger partial charge in [-0.05, 0) is 32.0 Å². The highest BCUT2D eigenvalue weighted by molar-refractivity contribution is 5.94. The fourth-order valence-corrected chi connectivity index (χ4v) is 3.22. The van der Waals surface area contributed by atoms with Crippen molar-refractivity contribution in [2.45, 2.75) is 19.9 Å². The average molecular weight is 420 g/mol. The fraction of sp³-hybridized carbons (Fsp3) is 0.273. The van der Waals surface area contributed by atoms with Gasteiger partial charge in [0.05, 0.1) is 35.7 Å². The Kier molecular flexibility index (Phi) is 5.54. The number of urea groups is 1. The smallest absolute Gasteiger partial charge is 0.322 e. The number of fused-ring (bicyclic) bond motifs is 1. The molecule has 0 saturated heterocycles. The second kappa shape index (κ2) is 8.44. The number of anilines is 1. The van der Waals surface area contributed by atoms with Crippen LogP contribution in [0.4, 0.5) is 14.9 Å². The second-order valence-electron chi connectivity index (χ2n) is 7.17. The van der Waals surface area contributed by atoms with Gasteiger partial charge in [0.15, 0.2) is 0 Å². The summed E-state index contributed by atoms with van der Waals surface area (Å²) in [4.78, 5) is 22.8. The van der Waals surface area contributed by atoms with Crippen LogP contribution < -0.4 is 15.0 Å². The molecule has 158 valence electrons. The Hall–Kier alpha value is -3.93. The molecule has 1 atom stereocenters. The number of halogens is 1. The van der Waals surface area contributed by atoms with Crippen LogP contribution in [0.3, 0.4) is 0 Å². The van der Waals surface area contributed by atoms with E-state index >= 15 is 0 Å². The minimum atomic E-state index is -0.425. The SMILES string of the molecule is Cc1nn(C)cc1C#Cc1cnc2c(c1)N(C(=O)N[C@@H](C)c1ccc(F)cn1)CCO2. The van der Waals surface area contributed by atoms with Gasteiger partial charge in [-0.3, -0.25) is 14.6 Å². The first kappa shape index (κ1) is 20.3. The van der Waals surface area contributed by atoms with Gasteiger partial charge >= 0.3 is 6.03 Å². The predicted molar refractivity (Wildman–Crippen MR) is 112 cm³/mol. The average Bonchev–Trinajstić information content (AvgIpc) is 3.08. The number of aryl methyl sites for hydroxylation is 2. The number of nitrogens with one attached hydrogen (secondary N) is 1.